The van der Waals surface area contributed by atoms with Crippen molar-refractivity contribution in [2.24, 2.45) is 5.41 Å². The Morgan fingerprint density at radius 2 is 1.83 bits per heavy atom. The van der Waals surface area contributed by atoms with E-state index in [0.29, 0.717) is 12.3 Å². The lowest BCUT2D eigenvalue weighted by Gasteiger charge is -2.18. The number of amides is 1. The molecule has 1 heterocycles. The van der Waals surface area contributed by atoms with Gasteiger partial charge in [-0.1, -0.05) is 32.9 Å². The number of anilines is 2. The Bertz CT molecular complexity index is 1010. The Morgan fingerprint density at radius 3 is 2.41 bits per heavy atom. The number of carbonyl (C=O) groups is 1. The third-order valence-corrected chi connectivity index (χ3v) is 4.67. The van der Waals surface area contributed by atoms with Crippen LogP contribution in [0.1, 0.15) is 27.7 Å². The summed E-state index contributed by atoms with van der Waals surface area (Å²) in [5, 5.41) is 3.76. The molecule has 0 spiro atoms. The predicted molar refractivity (Wildman–Crippen MR) is 118 cm³/mol. The van der Waals surface area contributed by atoms with Crippen molar-refractivity contribution in [3.05, 3.63) is 42.5 Å². The second kappa shape index (κ2) is 8.07. The van der Waals surface area contributed by atoms with Gasteiger partial charge in [-0.3, -0.25) is 5.32 Å². The van der Waals surface area contributed by atoms with Gasteiger partial charge < -0.3 is 19.8 Å². The summed E-state index contributed by atoms with van der Waals surface area (Å²) in [4.78, 5) is 12.0. The molecule has 2 aromatic carbocycles. The van der Waals surface area contributed by atoms with Gasteiger partial charge in [0.1, 0.15) is 5.75 Å². The summed E-state index contributed by atoms with van der Waals surface area (Å²) >= 11 is 0. The average molecular weight is 396 g/mol. The van der Waals surface area contributed by atoms with Crippen molar-refractivity contribution in [3.8, 4) is 17.0 Å². The van der Waals surface area contributed by atoms with Crippen molar-refractivity contribution in [1.29, 1.82) is 0 Å². The zero-order valence-corrected chi connectivity index (χ0v) is 17.7. The van der Waals surface area contributed by atoms with Gasteiger partial charge in [0.05, 0.1) is 30.6 Å². The minimum Gasteiger partial charge on any atom is -0.497 e. The van der Waals surface area contributed by atoms with Crippen LogP contribution in [0.3, 0.4) is 0 Å². The van der Waals surface area contributed by atoms with Gasteiger partial charge in [-0.25, -0.2) is 4.79 Å². The summed E-state index contributed by atoms with van der Waals surface area (Å²) in [6, 6.07) is 13.5. The number of carbonyl (C=O) groups excluding carboxylic acids is 1. The van der Waals surface area contributed by atoms with E-state index < -0.39 is 6.09 Å². The van der Waals surface area contributed by atoms with E-state index in [2.05, 4.69) is 16.8 Å². The smallest absolute Gasteiger partial charge is 0.411 e. The minimum absolute atomic E-state index is 0.0744. The molecule has 3 N–H and O–H groups in total. The number of nitrogens with zero attached hydrogens (tertiary/aromatic N) is 1. The molecule has 0 atom stereocenters. The van der Waals surface area contributed by atoms with E-state index in [1.54, 1.807) is 7.11 Å². The number of hydrogen-bond donors (Lipinski definition) is 2. The van der Waals surface area contributed by atoms with Gasteiger partial charge in [0, 0.05) is 29.2 Å². The average Bonchev–Trinajstić information content (AvgIpc) is 2.97. The maximum absolute atomic E-state index is 12.0. The van der Waals surface area contributed by atoms with Crippen LogP contribution in [-0.4, -0.2) is 24.4 Å². The first-order valence-electron chi connectivity index (χ1n) is 9.73. The fourth-order valence-corrected chi connectivity index (χ4v) is 3.27. The molecular formula is C23H29N3O3. The topological polar surface area (TPSA) is 78.5 Å². The molecule has 0 unspecified atom stereocenters. The highest BCUT2D eigenvalue weighted by Crippen LogP contribution is 2.37. The third kappa shape index (κ3) is 4.47. The molecule has 3 rings (SSSR count). The van der Waals surface area contributed by atoms with Crippen molar-refractivity contribution in [2.75, 3.05) is 24.8 Å². The maximum Gasteiger partial charge on any atom is 0.411 e. The van der Waals surface area contributed by atoms with Crippen LogP contribution in [0.25, 0.3) is 22.2 Å². The zero-order chi connectivity index (χ0) is 21.2. The van der Waals surface area contributed by atoms with Crippen LogP contribution in [0, 0.1) is 5.41 Å². The molecule has 6 heteroatoms. The zero-order valence-electron chi connectivity index (χ0n) is 17.7. The van der Waals surface area contributed by atoms with Crippen molar-refractivity contribution in [3.63, 3.8) is 0 Å². The van der Waals surface area contributed by atoms with Crippen LogP contribution in [0.2, 0.25) is 0 Å². The summed E-state index contributed by atoms with van der Waals surface area (Å²) in [6.45, 7) is 9.26. The summed E-state index contributed by atoms with van der Waals surface area (Å²) < 4.78 is 12.8. The molecule has 0 fully saturated rings. The summed E-state index contributed by atoms with van der Waals surface area (Å²) in [7, 11) is 1.66. The minimum atomic E-state index is -0.457. The van der Waals surface area contributed by atoms with Crippen LogP contribution in [0.5, 0.6) is 5.75 Å². The van der Waals surface area contributed by atoms with E-state index in [1.165, 1.54) is 0 Å². The Hall–Kier alpha value is -3.15. The molecule has 1 aromatic heterocycles. The molecule has 0 aliphatic carbocycles. The van der Waals surface area contributed by atoms with Gasteiger partial charge in [-0.05, 0) is 36.6 Å². The van der Waals surface area contributed by atoms with Gasteiger partial charge >= 0.3 is 6.09 Å². The van der Waals surface area contributed by atoms with Crippen LogP contribution in [0.15, 0.2) is 42.5 Å². The SMILES string of the molecule is CCn1c(-c2ccc(NC(=O)OCC(C)(C)C)cc2)c(N)c2ccc(OC)cc21. The van der Waals surface area contributed by atoms with E-state index in [0.717, 1.165) is 40.1 Å². The Morgan fingerprint density at radius 1 is 1.14 bits per heavy atom. The standard InChI is InChI=1S/C23H29N3O3/c1-6-26-19-13-17(28-5)11-12-18(19)20(24)21(26)15-7-9-16(10-8-15)25-22(27)29-14-23(2,3)4/h7-13H,6,14,24H2,1-5H3,(H,25,27). The van der Waals surface area contributed by atoms with Gasteiger partial charge in [0.15, 0.2) is 0 Å². The molecule has 0 aliphatic rings. The van der Waals surface area contributed by atoms with Crippen LogP contribution in [-0.2, 0) is 11.3 Å². The molecular weight excluding hydrogens is 366 g/mol. The van der Waals surface area contributed by atoms with E-state index in [1.807, 2.05) is 63.2 Å². The van der Waals surface area contributed by atoms with Crippen molar-refractivity contribution < 1.29 is 14.3 Å². The quantitative estimate of drug-likeness (QED) is 0.597. The monoisotopic (exact) mass is 395 g/mol. The first-order valence-corrected chi connectivity index (χ1v) is 9.73. The van der Waals surface area contributed by atoms with Gasteiger partial charge in [0.2, 0.25) is 0 Å². The lowest BCUT2D eigenvalue weighted by Crippen LogP contribution is -2.21. The number of aromatic nitrogens is 1. The molecule has 0 aliphatic heterocycles. The van der Waals surface area contributed by atoms with E-state index in [4.69, 9.17) is 15.2 Å². The molecule has 0 bridgehead atoms. The molecule has 6 nitrogen and oxygen atoms in total. The Balaban J connectivity index is 1.87. The molecule has 154 valence electrons. The summed E-state index contributed by atoms with van der Waals surface area (Å²) in [5.41, 5.74) is 10.8. The molecule has 0 radical (unpaired) electrons. The highest BCUT2D eigenvalue weighted by molar-refractivity contribution is 6.01. The highest BCUT2D eigenvalue weighted by atomic mass is 16.5. The lowest BCUT2D eigenvalue weighted by atomic mass is 9.99. The molecule has 29 heavy (non-hydrogen) atoms. The van der Waals surface area contributed by atoms with Crippen LogP contribution >= 0.6 is 0 Å². The number of ether oxygens (including phenoxy) is 2. The number of nitrogen functional groups attached to an aromatic ring is 1. The number of fused-ring (bicyclic) bond motifs is 1. The fourth-order valence-electron chi connectivity index (χ4n) is 3.27. The van der Waals surface area contributed by atoms with E-state index >= 15 is 0 Å². The van der Waals surface area contributed by atoms with Crippen molar-refractivity contribution in [2.45, 2.75) is 34.2 Å². The van der Waals surface area contributed by atoms with Gasteiger partial charge in [-0.15, -0.1) is 0 Å². The fraction of sp³-hybridized carbons (Fsp3) is 0.348. The predicted octanol–water partition coefficient (Wildman–Crippen LogP) is 5.51. The molecule has 0 saturated carbocycles. The largest absolute Gasteiger partial charge is 0.497 e. The van der Waals surface area contributed by atoms with Crippen molar-refractivity contribution >= 4 is 28.4 Å². The van der Waals surface area contributed by atoms with E-state index in [9.17, 15) is 4.79 Å². The van der Waals surface area contributed by atoms with Crippen LogP contribution in [0.4, 0.5) is 16.2 Å². The highest BCUT2D eigenvalue weighted by Gasteiger charge is 2.17. The Kier molecular flexibility index (Phi) is 5.73. The summed E-state index contributed by atoms with van der Waals surface area (Å²) in [5.74, 6) is 0.796. The second-order valence-electron chi connectivity index (χ2n) is 8.23. The number of rotatable bonds is 5. The molecule has 1 amide bonds. The number of benzene rings is 2. The maximum atomic E-state index is 12.0. The summed E-state index contributed by atoms with van der Waals surface area (Å²) in [6.07, 6.45) is -0.457. The number of aryl methyl sites for hydroxylation is 1. The number of hydrogen-bond acceptors (Lipinski definition) is 4. The normalized spacial score (nSPS) is 11.5. The third-order valence-electron chi connectivity index (χ3n) is 4.67. The van der Waals surface area contributed by atoms with Crippen molar-refractivity contribution in [1.82, 2.24) is 4.57 Å². The molecule has 3 aromatic rings. The number of nitrogens with one attached hydrogen (secondary N) is 1. The number of nitrogens with two attached hydrogens (primary N) is 1. The lowest BCUT2D eigenvalue weighted by molar-refractivity contribution is 0.118. The first kappa shape index (κ1) is 20.6. The first-order chi connectivity index (χ1) is 13.7. The number of methoxy groups -OCH3 is 1. The van der Waals surface area contributed by atoms with Gasteiger partial charge in [-0.2, -0.15) is 0 Å². The molecule has 0 saturated heterocycles. The second-order valence-corrected chi connectivity index (χ2v) is 8.23. The van der Waals surface area contributed by atoms with E-state index in [-0.39, 0.29) is 5.41 Å². The van der Waals surface area contributed by atoms with Gasteiger partial charge in [0.25, 0.3) is 0 Å². The Labute approximate surface area is 171 Å². The van der Waals surface area contributed by atoms with Crippen LogP contribution < -0.4 is 15.8 Å².